The Hall–Kier alpha value is -1.50. The van der Waals surface area contributed by atoms with Crippen LogP contribution in [0.15, 0.2) is 41.4 Å². The summed E-state index contributed by atoms with van der Waals surface area (Å²) in [5, 5.41) is 4.00. The zero-order chi connectivity index (χ0) is 15.6. The second-order valence-corrected chi connectivity index (χ2v) is 7.67. The number of nitrogens with one attached hydrogen (secondary N) is 1. The van der Waals surface area contributed by atoms with Crippen LogP contribution in [0.5, 0.6) is 0 Å². The molecule has 118 valence electrons. The van der Waals surface area contributed by atoms with Crippen LogP contribution in [0, 0.1) is 5.92 Å². The maximum atomic E-state index is 13.0. The first kappa shape index (κ1) is 15.4. The Morgan fingerprint density at radius 2 is 2.14 bits per heavy atom. The van der Waals surface area contributed by atoms with Gasteiger partial charge in [-0.05, 0) is 44.5 Å². The average molecular weight is 319 g/mol. The van der Waals surface area contributed by atoms with E-state index in [1.54, 1.807) is 22.6 Å². The van der Waals surface area contributed by atoms with Crippen molar-refractivity contribution in [2.24, 2.45) is 5.92 Å². The minimum atomic E-state index is -3.50. The molecule has 0 saturated carbocycles. The number of nitrogens with zero attached hydrogens (tertiary/aromatic N) is 2. The summed E-state index contributed by atoms with van der Waals surface area (Å²) in [7, 11) is -1.59. The number of hydrogen-bond donors (Lipinski definition) is 1. The molecule has 22 heavy (non-hydrogen) atoms. The molecule has 1 saturated heterocycles. The highest BCUT2D eigenvalue weighted by Crippen LogP contribution is 2.27. The van der Waals surface area contributed by atoms with Crippen molar-refractivity contribution in [2.75, 3.05) is 26.7 Å². The fraction of sp³-hybridized carbons (Fsp3) is 0.438. The largest absolute Gasteiger partial charge is 0.319 e. The van der Waals surface area contributed by atoms with Gasteiger partial charge in [-0.25, -0.2) is 8.42 Å². The zero-order valence-electron chi connectivity index (χ0n) is 12.7. The minimum Gasteiger partial charge on any atom is -0.319 e. The number of aromatic nitrogens is 1. The standard InChI is InChI=1S/C16H21N3O2S/c1-17-11-13-5-4-10-19(12-13)22(20,21)15-8-2-6-14-7-3-9-18-16(14)15/h2-3,6-9,13,17H,4-5,10-12H2,1H3. The number of para-hydroxylation sites is 1. The first-order chi connectivity index (χ1) is 10.6. The third-order valence-electron chi connectivity index (χ3n) is 4.19. The summed E-state index contributed by atoms with van der Waals surface area (Å²) in [4.78, 5) is 4.59. The monoisotopic (exact) mass is 319 g/mol. The smallest absolute Gasteiger partial charge is 0.245 e. The molecule has 1 unspecified atom stereocenters. The lowest BCUT2D eigenvalue weighted by molar-refractivity contribution is 0.263. The fourth-order valence-electron chi connectivity index (χ4n) is 3.12. The van der Waals surface area contributed by atoms with Gasteiger partial charge in [0.05, 0.1) is 5.52 Å². The van der Waals surface area contributed by atoms with Gasteiger partial charge in [0.15, 0.2) is 0 Å². The second kappa shape index (κ2) is 6.32. The van der Waals surface area contributed by atoms with E-state index in [0.717, 1.165) is 24.8 Å². The predicted molar refractivity (Wildman–Crippen MR) is 87.2 cm³/mol. The highest BCUT2D eigenvalue weighted by atomic mass is 32.2. The van der Waals surface area contributed by atoms with Crippen LogP contribution in [0.2, 0.25) is 0 Å². The normalized spacial score (nSPS) is 20.3. The summed E-state index contributed by atoms with van der Waals surface area (Å²) in [6.07, 6.45) is 3.62. The van der Waals surface area contributed by atoms with Gasteiger partial charge in [-0.3, -0.25) is 4.98 Å². The van der Waals surface area contributed by atoms with Crippen molar-refractivity contribution in [3.05, 3.63) is 36.5 Å². The lowest BCUT2D eigenvalue weighted by atomic mass is 10.00. The molecule has 0 aliphatic carbocycles. The second-order valence-electron chi connectivity index (χ2n) is 5.76. The molecule has 6 heteroatoms. The van der Waals surface area contributed by atoms with E-state index in [2.05, 4.69) is 10.3 Å². The molecule has 2 heterocycles. The van der Waals surface area contributed by atoms with Gasteiger partial charge < -0.3 is 5.32 Å². The third-order valence-corrected chi connectivity index (χ3v) is 6.08. The van der Waals surface area contributed by atoms with Gasteiger partial charge in [0, 0.05) is 24.7 Å². The Morgan fingerprint density at radius 1 is 1.32 bits per heavy atom. The fourth-order valence-corrected chi connectivity index (χ4v) is 4.84. The summed E-state index contributed by atoms with van der Waals surface area (Å²) in [5.74, 6) is 0.372. The summed E-state index contributed by atoms with van der Waals surface area (Å²) in [5.41, 5.74) is 0.556. The van der Waals surface area contributed by atoms with E-state index >= 15 is 0 Å². The van der Waals surface area contributed by atoms with Crippen LogP contribution in [-0.2, 0) is 10.0 Å². The van der Waals surface area contributed by atoms with Crippen LogP contribution in [0.3, 0.4) is 0 Å². The number of sulfonamides is 1. The maximum absolute atomic E-state index is 13.0. The summed E-state index contributed by atoms with van der Waals surface area (Å²) in [6.45, 7) is 2.01. The highest BCUT2D eigenvalue weighted by Gasteiger charge is 2.31. The number of fused-ring (bicyclic) bond motifs is 1. The molecule has 0 radical (unpaired) electrons. The molecular formula is C16H21N3O2S. The van der Waals surface area contributed by atoms with Crippen LogP contribution in [0.25, 0.3) is 10.9 Å². The van der Waals surface area contributed by atoms with E-state index in [4.69, 9.17) is 0 Å². The molecule has 3 rings (SSSR count). The van der Waals surface area contributed by atoms with Gasteiger partial charge >= 0.3 is 0 Å². The molecule has 1 aromatic carbocycles. The van der Waals surface area contributed by atoms with Gasteiger partial charge in [-0.15, -0.1) is 0 Å². The van der Waals surface area contributed by atoms with E-state index in [0.29, 0.717) is 29.4 Å². The Balaban J connectivity index is 1.98. The van der Waals surface area contributed by atoms with E-state index in [1.807, 2.05) is 25.2 Å². The molecule has 0 spiro atoms. The third kappa shape index (κ3) is 2.86. The van der Waals surface area contributed by atoms with E-state index in [9.17, 15) is 8.42 Å². The molecule has 0 bridgehead atoms. The van der Waals surface area contributed by atoms with Crippen molar-refractivity contribution >= 4 is 20.9 Å². The quantitative estimate of drug-likeness (QED) is 0.934. The van der Waals surface area contributed by atoms with Crippen LogP contribution in [0.4, 0.5) is 0 Å². The van der Waals surface area contributed by atoms with Crippen LogP contribution < -0.4 is 5.32 Å². The SMILES string of the molecule is CNCC1CCCN(S(=O)(=O)c2cccc3cccnc23)C1. The minimum absolute atomic E-state index is 0.315. The van der Waals surface area contributed by atoms with Gasteiger partial charge in [-0.1, -0.05) is 18.2 Å². The van der Waals surface area contributed by atoms with Crippen LogP contribution in [-0.4, -0.2) is 44.4 Å². The van der Waals surface area contributed by atoms with Gasteiger partial charge in [0.1, 0.15) is 4.90 Å². The molecule has 1 N–H and O–H groups in total. The molecule has 2 aromatic rings. The molecule has 0 amide bonds. The van der Waals surface area contributed by atoms with Gasteiger partial charge in [-0.2, -0.15) is 4.31 Å². The topological polar surface area (TPSA) is 62.3 Å². The molecular weight excluding hydrogens is 298 g/mol. The predicted octanol–water partition coefficient (Wildman–Crippen LogP) is 1.85. The van der Waals surface area contributed by atoms with Crippen LogP contribution >= 0.6 is 0 Å². The number of benzene rings is 1. The zero-order valence-corrected chi connectivity index (χ0v) is 13.5. The van der Waals surface area contributed by atoms with Crippen molar-refractivity contribution < 1.29 is 8.42 Å². The number of piperidine rings is 1. The molecule has 1 aromatic heterocycles. The Kier molecular flexibility index (Phi) is 4.42. The van der Waals surface area contributed by atoms with E-state index in [-0.39, 0.29) is 0 Å². The molecule has 1 atom stereocenters. The molecule has 5 nitrogen and oxygen atoms in total. The van der Waals surface area contributed by atoms with Gasteiger partial charge in [0.2, 0.25) is 10.0 Å². The van der Waals surface area contributed by atoms with Crippen molar-refractivity contribution in [1.29, 1.82) is 0 Å². The maximum Gasteiger partial charge on any atom is 0.245 e. The molecule has 1 fully saturated rings. The molecule has 1 aliphatic rings. The molecule has 1 aliphatic heterocycles. The number of rotatable bonds is 4. The lowest BCUT2D eigenvalue weighted by Gasteiger charge is -2.32. The first-order valence-corrected chi connectivity index (χ1v) is 9.05. The number of pyridine rings is 1. The number of hydrogen-bond acceptors (Lipinski definition) is 4. The Morgan fingerprint density at radius 3 is 2.95 bits per heavy atom. The Labute approximate surface area is 131 Å². The van der Waals surface area contributed by atoms with Crippen molar-refractivity contribution in [1.82, 2.24) is 14.6 Å². The highest BCUT2D eigenvalue weighted by molar-refractivity contribution is 7.89. The lowest BCUT2D eigenvalue weighted by Crippen LogP contribution is -2.42. The summed E-state index contributed by atoms with van der Waals surface area (Å²) < 4.78 is 27.6. The van der Waals surface area contributed by atoms with Crippen molar-refractivity contribution in [2.45, 2.75) is 17.7 Å². The van der Waals surface area contributed by atoms with E-state index in [1.165, 1.54) is 0 Å². The van der Waals surface area contributed by atoms with Crippen LogP contribution in [0.1, 0.15) is 12.8 Å². The van der Waals surface area contributed by atoms with Gasteiger partial charge in [0.25, 0.3) is 0 Å². The van der Waals surface area contributed by atoms with Crippen molar-refractivity contribution in [3.63, 3.8) is 0 Å². The summed E-state index contributed by atoms with van der Waals surface area (Å²) in [6, 6.07) is 9.05. The Bertz CT molecular complexity index is 754. The summed E-state index contributed by atoms with van der Waals surface area (Å²) >= 11 is 0. The van der Waals surface area contributed by atoms with E-state index < -0.39 is 10.0 Å². The van der Waals surface area contributed by atoms with Crippen molar-refractivity contribution in [3.8, 4) is 0 Å². The first-order valence-electron chi connectivity index (χ1n) is 7.61. The average Bonchev–Trinajstić information content (AvgIpc) is 2.55.